The van der Waals surface area contributed by atoms with Gasteiger partial charge in [-0.25, -0.2) is 0 Å². The predicted octanol–water partition coefficient (Wildman–Crippen LogP) is 2.66. The smallest absolute Gasteiger partial charge is 0.314 e. The second kappa shape index (κ2) is 3.23. The number of phenols is 1. The fraction of sp³-hybridized carbons (Fsp3) is 0.214. The molecule has 3 rings (SSSR count). The van der Waals surface area contributed by atoms with E-state index in [4.69, 9.17) is 0 Å². The molecule has 2 N–H and O–H groups in total. The van der Waals surface area contributed by atoms with E-state index >= 15 is 0 Å². The van der Waals surface area contributed by atoms with Crippen LogP contribution in [0.15, 0.2) is 36.4 Å². The van der Waals surface area contributed by atoms with E-state index in [0.717, 1.165) is 10.8 Å². The first-order chi connectivity index (χ1) is 8.13. The lowest BCUT2D eigenvalue weighted by Gasteiger charge is -2.13. The minimum atomic E-state index is -0.853. The third kappa shape index (κ3) is 1.39. The van der Waals surface area contributed by atoms with Gasteiger partial charge in [-0.3, -0.25) is 4.79 Å². The zero-order valence-corrected chi connectivity index (χ0v) is 9.18. The summed E-state index contributed by atoms with van der Waals surface area (Å²) < 4.78 is 0. The molecule has 0 aliphatic heterocycles. The van der Waals surface area contributed by atoms with E-state index in [1.165, 1.54) is 0 Å². The maximum absolute atomic E-state index is 11.3. The van der Waals surface area contributed by atoms with Crippen LogP contribution in [0.5, 0.6) is 5.75 Å². The van der Waals surface area contributed by atoms with Gasteiger partial charge >= 0.3 is 5.97 Å². The molecule has 0 amide bonds. The van der Waals surface area contributed by atoms with Crippen LogP contribution in [0.1, 0.15) is 18.4 Å². The van der Waals surface area contributed by atoms with Crippen LogP contribution in [0.3, 0.4) is 0 Å². The number of carbonyl (C=O) groups is 1. The first-order valence-electron chi connectivity index (χ1n) is 5.59. The Hall–Kier alpha value is -2.03. The van der Waals surface area contributed by atoms with E-state index in [9.17, 15) is 15.0 Å². The molecule has 0 heterocycles. The van der Waals surface area contributed by atoms with Crippen molar-refractivity contribution in [2.24, 2.45) is 0 Å². The Balaban J connectivity index is 2.24. The molecule has 0 radical (unpaired) electrons. The fourth-order valence-corrected chi connectivity index (χ4v) is 2.33. The van der Waals surface area contributed by atoms with E-state index in [2.05, 4.69) is 0 Å². The zero-order chi connectivity index (χ0) is 12.0. The Morgan fingerprint density at radius 2 is 1.71 bits per heavy atom. The average Bonchev–Trinajstić information content (AvgIpc) is 3.09. The van der Waals surface area contributed by atoms with Gasteiger partial charge in [-0.05, 0) is 35.7 Å². The first-order valence-corrected chi connectivity index (χ1v) is 5.59. The maximum Gasteiger partial charge on any atom is 0.314 e. The molecule has 3 heteroatoms. The van der Waals surface area contributed by atoms with E-state index in [-0.39, 0.29) is 5.75 Å². The lowest BCUT2D eigenvalue weighted by Crippen LogP contribution is -2.19. The van der Waals surface area contributed by atoms with Crippen molar-refractivity contribution in [1.29, 1.82) is 0 Å². The second-order valence-electron chi connectivity index (χ2n) is 4.60. The number of carboxylic acids is 1. The van der Waals surface area contributed by atoms with Crippen LogP contribution in [0.4, 0.5) is 0 Å². The lowest BCUT2D eigenvalue weighted by atomic mass is 9.92. The summed E-state index contributed by atoms with van der Waals surface area (Å²) in [7, 11) is 0. The molecular formula is C14H12O3. The molecule has 1 saturated carbocycles. The summed E-state index contributed by atoms with van der Waals surface area (Å²) in [5, 5.41) is 21.1. The number of hydrogen-bond donors (Lipinski definition) is 2. The molecule has 0 spiro atoms. The largest absolute Gasteiger partial charge is 0.508 e. The number of phenolic OH excluding ortho intramolecular Hbond substituents is 1. The molecule has 0 aromatic heterocycles. The lowest BCUT2D eigenvalue weighted by molar-refractivity contribution is -0.140. The van der Waals surface area contributed by atoms with Gasteiger partial charge in [-0.1, -0.05) is 24.3 Å². The third-order valence-electron chi connectivity index (χ3n) is 3.54. The highest BCUT2D eigenvalue weighted by atomic mass is 16.4. The molecular weight excluding hydrogens is 216 g/mol. The molecule has 2 aromatic rings. The molecule has 2 aromatic carbocycles. The van der Waals surface area contributed by atoms with Gasteiger partial charge in [0.2, 0.25) is 0 Å². The zero-order valence-electron chi connectivity index (χ0n) is 9.18. The topological polar surface area (TPSA) is 57.5 Å². The van der Waals surface area contributed by atoms with Gasteiger partial charge in [-0.15, -0.1) is 0 Å². The van der Waals surface area contributed by atoms with Crippen LogP contribution in [-0.2, 0) is 10.2 Å². The van der Waals surface area contributed by atoms with Gasteiger partial charge in [0, 0.05) is 5.56 Å². The average molecular weight is 228 g/mol. The molecule has 0 bridgehead atoms. The Bertz CT molecular complexity index is 612. The number of rotatable bonds is 2. The summed E-state index contributed by atoms with van der Waals surface area (Å²) in [5.41, 5.74) is -0.308. The van der Waals surface area contributed by atoms with E-state index < -0.39 is 11.4 Å². The van der Waals surface area contributed by atoms with Crippen LogP contribution in [0.25, 0.3) is 10.8 Å². The fourth-order valence-electron chi connectivity index (χ4n) is 2.33. The van der Waals surface area contributed by atoms with E-state index in [1.54, 1.807) is 12.1 Å². The van der Waals surface area contributed by atoms with Crippen molar-refractivity contribution >= 4 is 16.7 Å². The van der Waals surface area contributed by atoms with Crippen LogP contribution in [-0.4, -0.2) is 16.2 Å². The number of carboxylic acid groups (broad SMARTS) is 1. The Morgan fingerprint density at radius 1 is 1.12 bits per heavy atom. The summed E-state index contributed by atoms with van der Waals surface area (Å²) in [4.78, 5) is 11.3. The van der Waals surface area contributed by atoms with Gasteiger partial charge < -0.3 is 10.2 Å². The van der Waals surface area contributed by atoms with Crippen molar-refractivity contribution in [3.8, 4) is 5.75 Å². The van der Waals surface area contributed by atoms with Crippen LogP contribution >= 0.6 is 0 Å². The molecule has 1 aliphatic rings. The number of aromatic hydroxyl groups is 1. The van der Waals surface area contributed by atoms with Crippen molar-refractivity contribution in [2.45, 2.75) is 18.3 Å². The van der Waals surface area contributed by atoms with Gasteiger partial charge in [-0.2, -0.15) is 0 Å². The van der Waals surface area contributed by atoms with Crippen LogP contribution in [0.2, 0.25) is 0 Å². The number of hydrogen-bond acceptors (Lipinski definition) is 2. The molecule has 0 unspecified atom stereocenters. The standard InChI is InChI=1S/C14H12O3/c15-12-8-10-4-2-1-3-9(10)7-11(12)14(5-6-14)13(16)17/h1-4,7-8,15H,5-6H2,(H,16,17). The first kappa shape index (κ1) is 10.1. The molecule has 0 saturated heterocycles. The minimum absolute atomic E-state index is 0.0867. The van der Waals surface area contributed by atoms with E-state index in [1.807, 2.05) is 24.3 Å². The molecule has 86 valence electrons. The SMILES string of the molecule is O=C(O)C1(c2cc3ccccc3cc2O)CC1. The van der Waals surface area contributed by atoms with Gasteiger partial charge in [0.1, 0.15) is 5.75 Å². The van der Waals surface area contributed by atoms with Gasteiger partial charge in [0.05, 0.1) is 5.41 Å². The summed E-state index contributed by atoms with van der Waals surface area (Å²) >= 11 is 0. The summed E-state index contributed by atoms with van der Waals surface area (Å²) in [6, 6.07) is 11.1. The molecule has 17 heavy (non-hydrogen) atoms. The van der Waals surface area contributed by atoms with Crippen molar-refractivity contribution in [3.05, 3.63) is 42.0 Å². The van der Waals surface area contributed by atoms with Crippen molar-refractivity contribution in [3.63, 3.8) is 0 Å². The molecule has 0 atom stereocenters. The Morgan fingerprint density at radius 3 is 2.24 bits per heavy atom. The second-order valence-corrected chi connectivity index (χ2v) is 4.60. The van der Waals surface area contributed by atoms with E-state index in [0.29, 0.717) is 18.4 Å². The summed E-state index contributed by atoms with van der Waals surface area (Å²) in [6.07, 6.45) is 1.21. The molecule has 1 fully saturated rings. The number of aliphatic carboxylic acids is 1. The van der Waals surface area contributed by atoms with Gasteiger partial charge in [0.15, 0.2) is 0 Å². The highest BCUT2D eigenvalue weighted by molar-refractivity contribution is 5.91. The normalized spacial score (nSPS) is 16.9. The summed E-state index contributed by atoms with van der Waals surface area (Å²) in [5.74, 6) is -0.758. The highest BCUT2D eigenvalue weighted by Crippen LogP contribution is 2.52. The highest BCUT2D eigenvalue weighted by Gasteiger charge is 2.53. The summed E-state index contributed by atoms with van der Waals surface area (Å²) in [6.45, 7) is 0. The van der Waals surface area contributed by atoms with Crippen molar-refractivity contribution in [1.82, 2.24) is 0 Å². The van der Waals surface area contributed by atoms with Gasteiger partial charge in [0.25, 0.3) is 0 Å². The number of fused-ring (bicyclic) bond motifs is 1. The molecule has 3 nitrogen and oxygen atoms in total. The quantitative estimate of drug-likeness (QED) is 0.830. The van der Waals surface area contributed by atoms with Crippen LogP contribution < -0.4 is 0 Å². The van der Waals surface area contributed by atoms with Crippen LogP contribution in [0, 0.1) is 0 Å². The third-order valence-corrected chi connectivity index (χ3v) is 3.54. The Kier molecular flexibility index (Phi) is 1.93. The monoisotopic (exact) mass is 228 g/mol. The maximum atomic E-state index is 11.3. The predicted molar refractivity (Wildman–Crippen MR) is 64.2 cm³/mol. The van der Waals surface area contributed by atoms with Crippen molar-refractivity contribution in [2.75, 3.05) is 0 Å². The number of benzene rings is 2. The Labute approximate surface area is 98.3 Å². The van der Waals surface area contributed by atoms with Crippen molar-refractivity contribution < 1.29 is 15.0 Å². The minimum Gasteiger partial charge on any atom is -0.508 e. The molecule has 1 aliphatic carbocycles.